The van der Waals surface area contributed by atoms with Crippen LogP contribution >= 0.6 is 15.9 Å². The van der Waals surface area contributed by atoms with Crippen LogP contribution < -0.4 is 9.64 Å². The molecule has 0 bridgehead atoms. The van der Waals surface area contributed by atoms with E-state index in [4.69, 9.17) is 4.74 Å². The first kappa shape index (κ1) is 25.4. The highest BCUT2D eigenvalue weighted by Gasteiger charge is 2.46. The fourth-order valence-corrected chi connectivity index (χ4v) is 5.04. The third-order valence-electron chi connectivity index (χ3n) is 6.40. The van der Waals surface area contributed by atoms with Crippen molar-refractivity contribution in [1.82, 2.24) is 9.88 Å². The molecule has 4 rings (SSSR count). The van der Waals surface area contributed by atoms with Crippen molar-refractivity contribution < 1.29 is 19.4 Å². The number of ether oxygens (including phenoxy) is 1. The van der Waals surface area contributed by atoms with Crippen LogP contribution in [0, 0.1) is 0 Å². The van der Waals surface area contributed by atoms with Crippen LogP contribution in [-0.4, -0.2) is 46.9 Å². The van der Waals surface area contributed by atoms with Gasteiger partial charge in [0.1, 0.15) is 11.5 Å². The molecule has 2 aromatic carbocycles. The van der Waals surface area contributed by atoms with Gasteiger partial charge in [-0.3, -0.25) is 14.6 Å². The Labute approximate surface area is 219 Å². The van der Waals surface area contributed by atoms with Crippen LogP contribution in [0.15, 0.2) is 77.0 Å². The van der Waals surface area contributed by atoms with Gasteiger partial charge in [0, 0.05) is 43.3 Å². The maximum Gasteiger partial charge on any atom is 0.295 e. The first-order valence-corrected chi connectivity index (χ1v) is 12.5. The van der Waals surface area contributed by atoms with Gasteiger partial charge in [0.15, 0.2) is 0 Å². The summed E-state index contributed by atoms with van der Waals surface area (Å²) in [5, 5.41) is 11.3. The second kappa shape index (κ2) is 11.0. The minimum Gasteiger partial charge on any atom is -0.507 e. The highest BCUT2D eigenvalue weighted by Crippen LogP contribution is 2.41. The number of pyridine rings is 1. The van der Waals surface area contributed by atoms with Crippen LogP contribution in [0.25, 0.3) is 5.76 Å². The molecule has 0 spiro atoms. The monoisotopic (exact) mass is 549 g/mol. The molecule has 36 heavy (non-hydrogen) atoms. The molecule has 8 heteroatoms. The first-order chi connectivity index (χ1) is 17.4. The van der Waals surface area contributed by atoms with E-state index in [2.05, 4.69) is 39.7 Å². The maximum absolute atomic E-state index is 13.3. The van der Waals surface area contributed by atoms with Gasteiger partial charge in [-0.1, -0.05) is 12.1 Å². The minimum atomic E-state index is -0.746. The molecule has 0 aliphatic carbocycles. The van der Waals surface area contributed by atoms with Crippen molar-refractivity contribution in [2.24, 2.45) is 0 Å². The Bertz CT molecular complexity index is 1290. The van der Waals surface area contributed by atoms with Crippen LogP contribution in [0.4, 0.5) is 5.69 Å². The fraction of sp³-hybridized carbons (Fsp3) is 0.250. The highest BCUT2D eigenvalue weighted by atomic mass is 79.9. The maximum atomic E-state index is 13.3. The van der Waals surface area contributed by atoms with E-state index in [1.165, 1.54) is 4.90 Å². The molecule has 0 saturated carbocycles. The third-order valence-corrected chi connectivity index (χ3v) is 7.02. The van der Waals surface area contributed by atoms with E-state index in [0.29, 0.717) is 15.8 Å². The number of anilines is 1. The molecule has 1 saturated heterocycles. The van der Waals surface area contributed by atoms with E-state index in [1.54, 1.807) is 49.8 Å². The molecule has 1 atom stereocenters. The van der Waals surface area contributed by atoms with Gasteiger partial charge in [0.05, 0.1) is 23.2 Å². The lowest BCUT2D eigenvalue weighted by Gasteiger charge is -2.27. The SMILES string of the molecule is CCN(CC)c1ccc(C2/C(=C(/O)c3ccc(OC)c(Br)c3)C(=O)C(=O)N2Cc2ccncc2)cc1. The van der Waals surface area contributed by atoms with Crippen LogP contribution in [0.2, 0.25) is 0 Å². The molecule has 7 nitrogen and oxygen atoms in total. The van der Waals surface area contributed by atoms with Gasteiger partial charge >= 0.3 is 0 Å². The van der Waals surface area contributed by atoms with Crippen LogP contribution in [0.5, 0.6) is 5.75 Å². The van der Waals surface area contributed by atoms with Crippen molar-refractivity contribution >= 4 is 39.1 Å². The average molecular weight is 550 g/mol. The van der Waals surface area contributed by atoms with Crippen LogP contribution in [0.3, 0.4) is 0 Å². The summed E-state index contributed by atoms with van der Waals surface area (Å²) in [6, 6.07) is 15.7. The van der Waals surface area contributed by atoms with Gasteiger partial charge < -0.3 is 19.6 Å². The predicted molar refractivity (Wildman–Crippen MR) is 143 cm³/mol. The van der Waals surface area contributed by atoms with Crippen LogP contribution in [0.1, 0.15) is 36.6 Å². The number of aliphatic hydroxyl groups is 1. The van der Waals surface area contributed by atoms with Crippen molar-refractivity contribution in [2.45, 2.75) is 26.4 Å². The number of carbonyl (C=O) groups excluding carboxylic acids is 2. The Morgan fingerprint density at radius 2 is 1.72 bits per heavy atom. The van der Waals surface area contributed by atoms with Gasteiger partial charge in [0.2, 0.25) is 0 Å². The minimum absolute atomic E-state index is 0.0571. The second-order valence-corrected chi connectivity index (χ2v) is 9.25. The van der Waals surface area contributed by atoms with Gasteiger partial charge in [0.25, 0.3) is 11.7 Å². The third kappa shape index (κ3) is 4.86. The number of hydrogen-bond acceptors (Lipinski definition) is 6. The van der Waals surface area contributed by atoms with Crippen molar-refractivity contribution in [3.8, 4) is 5.75 Å². The molecular formula is C28H28BrN3O4. The van der Waals surface area contributed by atoms with E-state index in [0.717, 1.165) is 29.9 Å². The average Bonchev–Trinajstić information content (AvgIpc) is 3.15. The van der Waals surface area contributed by atoms with Crippen molar-refractivity contribution in [3.63, 3.8) is 0 Å². The summed E-state index contributed by atoms with van der Waals surface area (Å²) in [5.41, 5.74) is 3.10. The van der Waals surface area contributed by atoms with E-state index >= 15 is 0 Å². The molecule has 1 aliphatic rings. The van der Waals surface area contributed by atoms with E-state index in [9.17, 15) is 14.7 Å². The Morgan fingerprint density at radius 3 is 2.31 bits per heavy atom. The molecular weight excluding hydrogens is 522 g/mol. The number of aromatic nitrogens is 1. The topological polar surface area (TPSA) is 83.0 Å². The molecule has 1 N–H and O–H groups in total. The number of likely N-dealkylation sites (tertiary alicyclic amines) is 1. The highest BCUT2D eigenvalue weighted by molar-refractivity contribution is 9.10. The molecule has 1 unspecified atom stereocenters. The van der Waals surface area contributed by atoms with Gasteiger partial charge in [-0.25, -0.2) is 0 Å². The molecule has 186 valence electrons. The lowest BCUT2D eigenvalue weighted by Crippen LogP contribution is -2.29. The van der Waals surface area contributed by atoms with Crippen molar-refractivity contribution in [2.75, 3.05) is 25.1 Å². The number of Topliss-reactive ketones (excluding diaryl/α,β-unsaturated/α-hetero) is 1. The number of benzene rings is 2. The Kier molecular flexibility index (Phi) is 7.74. The summed E-state index contributed by atoms with van der Waals surface area (Å²) in [5.74, 6) is -1.01. The van der Waals surface area contributed by atoms with Crippen molar-refractivity contribution in [3.05, 3.63) is 93.7 Å². The largest absolute Gasteiger partial charge is 0.507 e. The summed E-state index contributed by atoms with van der Waals surface area (Å²) < 4.78 is 5.91. The van der Waals surface area contributed by atoms with Gasteiger partial charge in [-0.05, 0) is 83.4 Å². The number of rotatable bonds is 8. The smallest absolute Gasteiger partial charge is 0.295 e. The molecule has 1 amide bonds. The molecule has 3 aromatic rings. The quantitative estimate of drug-likeness (QED) is 0.232. The summed E-state index contributed by atoms with van der Waals surface area (Å²) in [6.45, 7) is 6.12. The summed E-state index contributed by atoms with van der Waals surface area (Å²) in [4.78, 5) is 34.3. The Hall–Kier alpha value is -3.65. The second-order valence-electron chi connectivity index (χ2n) is 8.40. The zero-order chi connectivity index (χ0) is 25.8. The van der Waals surface area contributed by atoms with Gasteiger partial charge in [-0.2, -0.15) is 0 Å². The van der Waals surface area contributed by atoms with E-state index in [1.807, 2.05) is 24.3 Å². The fourth-order valence-electron chi connectivity index (χ4n) is 4.50. The molecule has 0 radical (unpaired) electrons. The number of nitrogens with zero attached hydrogens (tertiary/aromatic N) is 3. The van der Waals surface area contributed by atoms with Crippen LogP contribution in [-0.2, 0) is 16.1 Å². The first-order valence-electron chi connectivity index (χ1n) is 11.8. The standard InChI is InChI=1S/C28H28BrN3O4/c1-4-31(5-2)21-9-6-19(7-10-21)25-24(26(33)20-8-11-23(36-3)22(29)16-20)27(34)28(35)32(25)17-18-12-14-30-15-13-18/h6-16,25,33H,4-5,17H2,1-3H3/b26-24-. The summed E-state index contributed by atoms with van der Waals surface area (Å²) >= 11 is 3.43. The number of aliphatic hydroxyl groups excluding tert-OH is 1. The normalized spacial score (nSPS) is 16.9. The summed E-state index contributed by atoms with van der Waals surface area (Å²) in [7, 11) is 1.55. The number of halogens is 1. The number of amides is 1. The number of carbonyl (C=O) groups is 2. The van der Waals surface area contributed by atoms with E-state index in [-0.39, 0.29) is 17.9 Å². The number of methoxy groups -OCH3 is 1. The van der Waals surface area contributed by atoms with Gasteiger partial charge in [-0.15, -0.1) is 0 Å². The predicted octanol–water partition coefficient (Wildman–Crippen LogP) is 5.32. The van der Waals surface area contributed by atoms with Crippen molar-refractivity contribution in [1.29, 1.82) is 0 Å². The molecule has 1 aliphatic heterocycles. The number of hydrogen-bond donors (Lipinski definition) is 1. The lowest BCUT2D eigenvalue weighted by atomic mass is 9.95. The summed E-state index contributed by atoms with van der Waals surface area (Å²) in [6.07, 6.45) is 3.30. The molecule has 1 aromatic heterocycles. The Balaban J connectivity index is 1.84. The van der Waals surface area contributed by atoms with E-state index < -0.39 is 17.7 Å². The lowest BCUT2D eigenvalue weighted by molar-refractivity contribution is -0.140. The zero-order valence-electron chi connectivity index (χ0n) is 20.4. The molecule has 2 heterocycles. The molecule has 1 fully saturated rings. The number of ketones is 1. The Morgan fingerprint density at radius 1 is 1.06 bits per heavy atom. The zero-order valence-corrected chi connectivity index (χ0v) is 22.0.